The molecule has 0 aromatic rings. The lowest BCUT2D eigenvalue weighted by Crippen LogP contribution is -2.43. The topological polar surface area (TPSA) is 33.7 Å². The van der Waals surface area contributed by atoms with Crippen molar-refractivity contribution in [3.8, 4) is 0 Å². The van der Waals surface area contributed by atoms with Crippen LogP contribution in [-0.2, 0) is 9.47 Å². The van der Waals surface area contributed by atoms with Crippen LogP contribution in [0.4, 0.5) is 0 Å². The van der Waals surface area contributed by atoms with Gasteiger partial charge in [0, 0.05) is 45.6 Å². The Kier molecular flexibility index (Phi) is 5.13. The Morgan fingerprint density at radius 2 is 2.00 bits per heavy atom. The summed E-state index contributed by atoms with van der Waals surface area (Å²) in [5.74, 6) is 1.87. The minimum Gasteiger partial charge on any atom is -0.466 e. The van der Waals surface area contributed by atoms with E-state index in [1.54, 1.807) is 12.5 Å². The molecule has 0 bridgehead atoms. The van der Waals surface area contributed by atoms with Gasteiger partial charge in [-0.15, -0.1) is 0 Å². The van der Waals surface area contributed by atoms with Crippen molar-refractivity contribution in [1.82, 2.24) is 10.2 Å². The van der Waals surface area contributed by atoms with Gasteiger partial charge in [0.15, 0.2) is 0 Å². The van der Waals surface area contributed by atoms with E-state index >= 15 is 0 Å². The van der Waals surface area contributed by atoms with Gasteiger partial charge >= 0.3 is 0 Å². The van der Waals surface area contributed by atoms with Crippen molar-refractivity contribution in [2.45, 2.75) is 25.7 Å². The molecule has 0 saturated carbocycles. The molecule has 114 valence electrons. The van der Waals surface area contributed by atoms with Gasteiger partial charge in [-0.3, -0.25) is 0 Å². The summed E-state index contributed by atoms with van der Waals surface area (Å²) in [6.45, 7) is 5.45. The fourth-order valence-electron chi connectivity index (χ4n) is 2.82. The zero-order valence-electron chi connectivity index (χ0n) is 12.5. The van der Waals surface area contributed by atoms with Crippen LogP contribution in [0.2, 0.25) is 0 Å². The number of hydrogen-bond donors (Lipinski definition) is 1. The zero-order valence-corrected chi connectivity index (χ0v) is 12.5. The molecule has 1 saturated heterocycles. The Labute approximate surface area is 126 Å². The number of allylic oxidation sites excluding steroid dienone is 4. The lowest BCUT2D eigenvalue weighted by Gasteiger charge is -2.27. The molecule has 2 heterocycles. The van der Waals surface area contributed by atoms with Gasteiger partial charge in [-0.25, -0.2) is 0 Å². The monoisotopic (exact) mass is 288 g/mol. The van der Waals surface area contributed by atoms with Crippen molar-refractivity contribution in [2.75, 3.05) is 32.7 Å². The predicted octanol–water partition coefficient (Wildman–Crippen LogP) is 2.68. The summed E-state index contributed by atoms with van der Waals surface area (Å²) in [4.78, 5) is 2.47. The highest BCUT2D eigenvalue weighted by atomic mass is 16.5. The molecule has 3 rings (SSSR count). The Morgan fingerprint density at radius 1 is 1.14 bits per heavy atom. The predicted molar refractivity (Wildman–Crippen MR) is 83.3 cm³/mol. The second-order valence-corrected chi connectivity index (χ2v) is 5.72. The highest BCUT2D eigenvalue weighted by molar-refractivity contribution is 5.22. The molecule has 0 atom stereocenters. The number of rotatable bonds is 5. The van der Waals surface area contributed by atoms with Gasteiger partial charge in [0.05, 0.1) is 0 Å². The SMILES string of the molecule is C1=CCCC(CC2=COC=C(CCN3CCNCC3)O2)=C1. The maximum Gasteiger partial charge on any atom is 0.143 e. The molecule has 3 aliphatic rings. The van der Waals surface area contributed by atoms with E-state index in [0.717, 1.165) is 69.9 Å². The van der Waals surface area contributed by atoms with Gasteiger partial charge in [0.2, 0.25) is 0 Å². The van der Waals surface area contributed by atoms with E-state index in [1.165, 1.54) is 5.57 Å². The average Bonchev–Trinajstić information content (AvgIpc) is 2.55. The van der Waals surface area contributed by atoms with Crippen LogP contribution in [0.5, 0.6) is 0 Å². The molecule has 1 fully saturated rings. The maximum absolute atomic E-state index is 5.97. The van der Waals surface area contributed by atoms with Crippen LogP contribution >= 0.6 is 0 Å². The Bertz CT molecular complexity index is 471. The fourth-order valence-corrected chi connectivity index (χ4v) is 2.82. The molecule has 1 N–H and O–H groups in total. The molecule has 4 heteroatoms. The van der Waals surface area contributed by atoms with Crippen molar-refractivity contribution >= 4 is 0 Å². The minimum atomic E-state index is 0.856. The molecule has 0 radical (unpaired) electrons. The second-order valence-electron chi connectivity index (χ2n) is 5.72. The summed E-state index contributed by atoms with van der Waals surface area (Å²) in [5, 5.41) is 3.37. The standard InChI is InChI=1S/C17H24N2O2/c1-2-4-15(5-3-1)12-17-14-20-13-16(21-17)6-9-19-10-7-18-8-11-19/h1-2,4,13-14,18H,3,5-12H2. The van der Waals surface area contributed by atoms with Crippen LogP contribution < -0.4 is 5.32 Å². The number of piperazine rings is 1. The molecule has 1 aliphatic carbocycles. The Balaban J connectivity index is 1.44. The third kappa shape index (κ3) is 4.48. The molecule has 4 nitrogen and oxygen atoms in total. The molecule has 0 aromatic heterocycles. The van der Waals surface area contributed by atoms with Crippen molar-refractivity contribution in [3.63, 3.8) is 0 Å². The van der Waals surface area contributed by atoms with Crippen LogP contribution in [0.3, 0.4) is 0 Å². The zero-order chi connectivity index (χ0) is 14.3. The Morgan fingerprint density at radius 3 is 2.81 bits per heavy atom. The number of hydrogen-bond acceptors (Lipinski definition) is 4. The normalized spacial score (nSPS) is 22.8. The minimum absolute atomic E-state index is 0.856. The van der Waals surface area contributed by atoms with Gasteiger partial charge in [-0.1, -0.05) is 23.8 Å². The summed E-state index contributed by atoms with van der Waals surface area (Å²) in [7, 11) is 0. The molecule has 2 aliphatic heterocycles. The summed E-state index contributed by atoms with van der Waals surface area (Å²) >= 11 is 0. The van der Waals surface area contributed by atoms with Crippen LogP contribution in [0, 0.1) is 0 Å². The molecule has 0 unspecified atom stereocenters. The van der Waals surface area contributed by atoms with E-state index in [9.17, 15) is 0 Å². The van der Waals surface area contributed by atoms with Crippen LogP contribution in [0.1, 0.15) is 25.7 Å². The summed E-state index contributed by atoms with van der Waals surface area (Å²) in [6, 6.07) is 0. The number of ether oxygens (including phenoxy) is 2. The van der Waals surface area contributed by atoms with Gasteiger partial charge < -0.3 is 19.7 Å². The van der Waals surface area contributed by atoms with Crippen LogP contribution in [0.25, 0.3) is 0 Å². The first-order valence-electron chi connectivity index (χ1n) is 7.89. The molecular formula is C17H24N2O2. The Hall–Kier alpha value is -1.52. The van der Waals surface area contributed by atoms with E-state index in [0.29, 0.717) is 0 Å². The first kappa shape index (κ1) is 14.4. The molecule has 0 spiro atoms. The molecule has 21 heavy (non-hydrogen) atoms. The summed E-state index contributed by atoms with van der Waals surface area (Å²) in [6.07, 6.45) is 14.0. The van der Waals surface area contributed by atoms with Crippen LogP contribution in [-0.4, -0.2) is 37.6 Å². The van der Waals surface area contributed by atoms with E-state index < -0.39 is 0 Å². The number of nitrogens with one attached hydrogen (secondary N) is 1. The van der Waals surface area contributed by atoms with E-state index in [-0.39, 0.29) is 0 Å². The third-order valence-electron chi connectivity index (χ3n) is 4.05. The molecule has 0 amide bonds. The lowest BCUT2D eigenvalue weighted by atomic mass is 10.0. The van der Waals surface area contributed by atoms with Gasteiger partial charge in [-0.2, -0.15) is 0 Å². The average molecular weight is 288 g/mol. The molecular weight excluding hydrogens is 264 g/mol. The number of nitrogens with zero attached hydrogens (tertiary/aromatic N) is 1. The van der Waals surface area contributed by atoms with E-state index in [4.69, 9.17) is 9.47 Å². The third-order valence-corrected chi connectivity index (χ3v) is 4.05. The highest BCUT2D eigenvalue weighted by Crippen LogP contribution is 2.25. The van der Waals surface area contributed by atoms with Crippen molar-refractivity contribution < 1.29 is 9.47 Å². The first-order chi connectivity index (χ1) is 10.4. The van der Waals surface area contributed by atoms with Crippen molar-refractivity contribution in [3.05, 3.63) is 47.8 Å². The smallest absolute Gasteiger partial charge is 0.143 e. The van der Waals surface area contributed by atoms with Crippen molar-refractivity contribution in [2.24, 2.45) is 0 Å². The van der Waals surface area contributed by atoms with Gasteiger partial charge in [-0.05, 0) is 12.8 Å². The van der Waals surface area contributed by atoms with Gasteiger partial charge in [0.1, 0.15) is 24.0 Å². The molecule has 0 aromatic carbocycles. The van der Waals surface area contributed by atoms with E-state index in [2.05, 4.69) is 28.4 Å². The van der Waals surface area contributed by atoms with E-state index in [1.807, 2.05) is 0 Å². The fraction of sp³-hybridized carbons (Fsp3) is 0.529. The van der Waals surface area contributed by atoms with Crippen molar-refractivity contribution in [1.29, 1.82) is 0 Å². The summed E-state index contributed by atoms with van der Waals surface area (Å²) < 4.78 is 11.4. The lowest BCUT2D eigenvalue weighted by molar-refractivity contribution is 0.185. The van der Waals surface area contributed by atoms with Crippen LogP contribution in [0.15, 0.2) is 47.8 Å². The quantitative estimate of drug-likeness (QED) is 0.843. The maximum atomic E-state index is 5.97. The highest BCUT2D eigenvalue weighted by Gasteiger charge is 2.15. The van der Waals surface area contributed by atoms with Gasteiger partial charge in [0.25, 0.3) is 0 Å². The first-order valence-corrected chi connectivity index (χ1v) is 7.89. The second kappa shape index (κ2) is 7.48. The largest absolute Gasteiger partial charge is 0.466 e. The summed E-state index contributed by atoms with van der Waals surface area (Å²) in [5.41, 5.74) is 1.41.